The molecule has 2 aromatic carbocycles. The summed E-state index contributed by atoms with van der Waals surface area (Å²) in [4.78, 5) is 7.34. The zero-order valence-corrected chi connectivity index (χ0v) is 11.7. The van der Waals surface area contributed by atoms with Gasteiger partial charge in [-0.25, -0.2) is 0 Å². The molecule has 0 aliphatic carbocycles. The summed E-state index contributed by atoms with van der Waals surface area (Å²) in [5.41, 5.74) is 4.19. The van der Waals surface area contributed by atoms with Gasteiger partial charge in [-0.2, -0.15) is 0 Å². The van der Waals surface area contributed by atoms with Crippen LogP contribution in [-0.2, 0) is 6.61 Å². The van der Waals surface area contributed by atoms with Crippen molar-refractivity contribution in [1.29, 1.82) is 0 Å². The summed E-state index contributed by atoms with van der Waals surface area (Å²) < 4.78 is 0. The Morgan fingerprint density at radius 2 is 2.00 bits per heavy atom. The van der Waals surface area contributed by atoms with Crippen molar-refractivity contribution in [2.75, 3.05) is 0 Å². The Labute approximate surface area is 122 Å². The fourth-order valence-electron chi connectivity index (χ4n) is 2.44. The molecule has 0 unspecified atom stereocenters. The number of nitrogens with zero attached hydrogens (tertiary/aromatic N) is 1. The number of H-pyrrole nitrogens is 1. The molecule has 4 heteroatoms. The van der Waals surface area contributed by atoms with Crippen LogP contribution in [0.1, 0.15) is 16.7 Å². The highest BCUT2D eigenvalue weighted by molar-refractivity contribution is 6.04. The molecule has 3 aromatic rings. The maximum absolute atomic E-state index is 10.1. The Morgan fingerprint density at radius 1 is 1.19 bits per heavy atom. The maximum Gasteiger partial charge on any atom is 0.198 e. The monoisotopic (exact) mass is 280 g/mol. The van der Waals surface area contributed by atoms with Crippen molar-refractivity contribution < 1.29 is 10.2 Å². The largest absolute Gasteiger partial charge is 0.494 e. The van der Waals surface area contributed by atoms with Crippen LogP contribution in [-0.4, -0.2) is 21.4 Å². The second-order valence-corrected chi connectivity index (χ2v) is 4.97. The molecule has 3 rings (SSSR count). The van der Waals surface area contributed by atoms with E-state index in [9.17, 15) is 5.11 Å². The van der Waals surface area contributed by atoms with Crippen molar-refractivity contribution >= 4 is 22.8 Å². The first-order valence-corrected chi connectivity index (χ1v) is 6.73. The van der Waals surface area contributed by atoms with E-state index in [-0.39, 0.29) is 12.5 Å². The number of aromatic nitrogens is 1. The molecular formula is C17H16N2O2. The van der Waals surface area contributed by atoms with E-state index < -0.39 is 0 Å². The normalized spacial score (nSPS) is 11.5. The number of rotatable bonds is 3. The van der Waals surface area contributed by atoms with E-state index in [4.69, 9.17) is 5.11 Å². The van der Waals surface area contributed by atoms with Gasteiger partial charge >= 0.3 is 0 Å². The van der Waals surface area contributed by atoms with Crippen LogP contribution in [0.25, 0.3) is 10.9 Å². The third kappa shape index (κ3) is 2.53. The topological polar surface area (TPSA) is 68.6 Å². The highest BCUT2D eigenvalue weighted by Crippen LogP contribution is 2.28. The summed E-state index contributed by atoms with van der Waals surface area (Å²) in [6.45, 7) is 1.99. The van der Waals surface area contributed by atoms with Crippen molar-refractivity contribution in [2.24, 2.45) is 4.99 Å². The van der Waals surface area contributed by atoms with E-state index in [1.165, 1.54) is 0 Å². The third-order valence-electron chi connectivity index (χ3n) is 3.49. The molecule has 1 aromatic heterocycles. The molecule has 1 heterocycles. The van der Waals surface area contributed by atoms with Crippen molar-refractivity contribution in [3.05, 3.63) is 59.2 Å². The van der Waals surface area contributed by atoms with Crippen LogP contribution in [0.15, 0.2) is 47.5 Å². The lowest BCUT2D eigenvalue weighted by atomic mass is 10.1. The number of aryl methyl sites for hydroxylation is 1. The number of aliphatic imine (C=N–C) groups is 1. The SMILES string of the molecule is Cc1cccc2[nH]c(O)c(C=Nc3cccc(CO)c3)c12. The number of benzene rings is 2. The second-order valence-electron chi connectivity index (χ2n) is 4.97. The fraction of sp³-hybridized carbons (Fsp3) is 0.118. The zero-order chi connectivity index (χ0) is 14.8. The van der Waals surface area contributed by atoms with E-state index in [2.05, 4.69) is 9.98 Å². The average Bonchev–Trinajstić information content (AvgIpc) is 2.82. The predicted molar refractivity (Wildman–Crippen MR) is 84.3 cm³/mol. The van der Waals surface area contributed by atoms with Crippen LogP contribution in [0.4, 0.5) is 5.69 Å². The average molecular weight is 280 g/mol. The lowest BCUT2D eigenvalue weighted by Gasteiger charge is -1.99. The van der Waals surface area contributed by atoms with Crippen molar-refractivity contribution in [3.63, 3.8) is 0 Å². The van der Waals surface area contributed by atoms with Gasteiger partial charge in [-0.3, -0.25) is 4.99 Å². The van der Waals surface area contributed by atoms with E-state index in [0.717, 1.165) is 27.7 Å². The standard InChI is InChI=1S/C17H16N2O2/c1-11-4-2-7-15-16(11)14(17(21)19-15)9-18-13-6-3-5-12(8-13)10-20/h2-9,19-21H,10H2,1H3. The van der Waals surface area contributed by atoms with E-state index in [0.29, 0.717) is 5.56 Å². The third-order valence-corrected chi connectivity index (χ3v) is 3.49. The number of aromatic hydroxyl groups is 1. The van der Waals surface area contributed by atoms with Gasteiger partial charge in [0.2, 0.25) is 0 Å². The van der Waals surface area contributed by atoms with Crippen LogP contribution in [0, 0.1) is 6.92 Å². The summed E-state index contributed by atoms with van der Waals surface area (Å²) in [6.07, 6.45) is 1.65. The summed E-state index contributed by atoms with van der Waals surface area (Å²) in [7, 11) is 0. The number of hydrogen-bond donors (Lipinski definition) is 3. The fourth-order valence-corrected chi connectivity index (χ4v) is 2.44. The highest BCUT2D eigenvalue weighted by Gasteiger charge is 2.10. The van der Waals surface area contributed by atoms with E-state index >= 15 is 0 Å². The van der Waals surface area contributed by atoms with E-state index in [1.54, 1.807) is 6.21 Å². The Kier molecular flexibility index (Phi) is 3.46. The summed E-state index contributed by atoms with van der Waals surface area (Å²) in [5.74, 6) is 0.112. The van der Waals surface area contributed by atoms with Gasteiger partial charge in [-0.15, -0.1) is 0 Å². The van der Waals surface area contributed by atoms with Crippen LogP contribution >= 0.6 is 0 Å². The minimum atomic E-state index is -0.0131. The van der Waals surface area contributed by atoms with Gasteiger partial charge in [0.1, 0.15) is 0 Å². The lowest BCUT2D eigenvalue weighted by molar-refractivity contribution is 0.282. The summed E-state index contributed by atoms with van der Waals surface area (Å²) in [5, 5.41) is 20.2. The van der Waals surface area contributed by atoms with E-state index in [1.807, 2.05) is 49.4 Å². The summed E-state index contributed by atoms with van der Waals surface area (Å²) in [6, 6.07) is 13.2. The van der Waals surface area contributed by atoms with Gasteiger partial charge in [-0.05, 0) is 36.2 Å². The molecule has 106 valence electrons. The number of fused-ring (bicyclic) bond motifs is 1. The van der Waals surface area contributed by atoms with Gasteiger partial charge in [0.25, 0.3) is 0 Å². The van der Waals surface area contributed by atoms with Crippen LogP contribution < -0.4 is 0 Å². The molecule has 0 atom stereocenters. The number of hydrogen-bond acceptors (Lipinski definition) is 3. The number of aliphatic hydroxyl groups excluding tert-OH is 1. The predicted octanol–water partition coefficient (Wildman–Crippen LogP) is 3.42. The molecule has 0 aliphatic heterocycles. The lowest BCUT2D eigenvalue weighted by Crippen LogP contribution is -1.83. The molecule has 0 amide bonds. The first kappa shape index (κ1) is 13.4. The molecule has 0 spiro atoms. The Hall–Kier alpha value is -2.59. The Bertz CT molecular complexity index is 819. The first-order chi connectivity index (χ1) is 10.2. The zero-order valence-electron chi connectivity index (χ0n) is 11.7. The number of nitrogens with one attached hydrogen (secondary N) is 1. The van der Waals surface area contributed by atoms with Gasteiger partial charge in [0, 0.05) is 17.1 Å². The van der Waals surface area contributed by atoms with Gasteiger partial charge in [-0.1, -0.05) is 24.3 Å². The quantitative estimate of drug-likeness (QED) is 0.643. The summed E-state index contributed by atoms with van der Waals surface area (Å²) >= 11 is 0. The van der Waals surface area contributed by atoms with Gasteiger partial charge < -0.3 is 15.2 Å². The molecule has 0 aliphatic rings. The molecule has 0 bridgehead atoms. The smallest absolute Gasteiger partial charge is 0.198 e. The Morgan fingerprint density at radius 3 is 2.81 bits per heavy atom. The molecule has 3 N–H and O–H groups in total. The Balaban J connectivity index is 2.05. The number of aliphatic hydroxyl groups is 1. The minimum absolute atomic E-state index is 0.0131. The number of aromatic amines is 1. The molecule has 4 nitrogen and oxygen atoms in total. The molecule has 0 saturated heterocycles. The molecule has 0 radical (unpaired) electrons. The van der Waals surface area contributed by atoms with Crippen LogP contribution in [0.2, 0.25) is 0 Å². The second kappa shape index (κ2) is 5.42. The first-order valence-electron chi connectivity index (χ1n) is 6.73. The molecule has 0 fully saturated rings. The van der Waals surface area contributed by atoms with Crippen molar-refractivity contribution in [1.82, 2.24) is 4.98 Å². The van der Waals surface area contributed by atoms with Crippen LogP contribution in [0.5, 0.6) is 5.88 Å². The van der Waals surface area contributed by atoms with Gasteiger partial charge in [0.05, 0.1) is 17.9 Å². The minimum Gasteiger partial charge on any atom is -0.494 e. The van der Waals surface area contributed by atoms with Crippen molar-refractivity contribution in [3.8, 4) is 5.88 Å². The molecular weight excluding hydrogens is 264 g/mol. The highest BCUT2D eigenvalue weighted by atomic mass is 16.3. The van der Waals surface area contributed by atoms with Crippen molar-refractivity contribution in [2.45, 2.75) is 13.5 Å². The van der Waals surface area contributed by atoms with Crippen LogP contribution in [0.3, 0.4) is 0 Å². The maximum atomic E-state index is 10.1. The molecule has 21 heavy (non-hydrogen) atoms. The molecule has 0 saturated carbocycles. The van der Waals surface area contributed by atoms with Gasteiger partial charge in [0.15, 0.2) is 5.88 Å².